The van der Waals surface area contributed by atoms with Crippen molar-refractivity contribution in [1.29, 1.82) is 0 Å². The topological polar surface area (TPSA) is 18.5 Å². The van der Waals surface area contributed by atoms with Gasteiger partial charge in [-0.15, -0.1) is 0 Å². The van der Waals surface area contributed by atoms with Crippen molar-refractivity contribution in [3.63, 3.8) is 0 Å². The Kier molecular flexibility index (Phi) is 6.08. The molecule has 1 aromatic carbocycles. The van der Waals surface area contributed by atoms with Gasteiger partial charge in [-0.2, -0.15) is 8.78 Å². The number of rotatable bonds is 5. The summed E-state index contributed by atoms with van der Waals surface area (Å²) in [6, 6.07) is 7.74. The summed E-state index contributed by atoms with van der Waals surface area (Å²) in [5, 5.41) is 0. The molecule has 0 atom stereocenters. The number of ether oxygens (including phenoxy) is 2. The third kappa shape index (κ3) is 5.06. The number of hydrogen-bond donors (Lipinski definition) is 0. The standard InChI is InChI=1S/C17H20F2O2/c1-2-4-14-11-20-17(21-12-14)15-9-7-13(8-10-15)5-3-6-16(18)19/h2,4,6-10,14,17H,3,5,11-12H2,1H3. The van der Waals surface area contributed by atoms with E-state index in [1.165, 1.54) is 0 Å². The third-order valence-corrected chi connectivity index (χ3v) is 3.37. The molecule has 0 amide bonds. The summed E-state index contributed by atoms with van der Waals surface area (Å²) in [4.78, 5) is 0. The van der Waals surface area contributed by atoms with Crippen molar-refractivity contribution in [2.75, 3.05) is 13.2 Å². The van der Waals surface area contributed by atoms with Crippen LogP contribution in [0.1, 0.15) is 30.8 Å². The van der Waals surface area contributed by atoms with Gasteiger partial charge in [0.1, 0.15) is 0 Å². The van der Waals surface area contributed by atoms with Gasteiger partial charge in [0.25, 0.3) is 6.08 Å². The fourth-order valence-electron chi connectivity index (χ4n) is 2.28. The second-order valence-corrected chi connectivity index (χ2v) is 5.06. The Labute approximate surface area is 124 Å². The molecule has 1 aliphatic heterocycles. The highest BCUT2D eigenvalue weighted by molar-refractivity contribution is 5.24. The van der Waals surface area contributed by atoms with E-state index in [4.69, 9.17) is 9.47 Å². The molecule has 0 bridgehead atoms. The van der Waals surface area contributed by atoms with Gasteiger partial charge in [-0.05, 0) is 31.4 Å². The van der Waals surface area contributed by atoms with Gasteiger partial charge >= 0.3 is 0 Å². The van der Waals surface area contributed by atoms with Gasteiger partial charge in [0.05, 0.1) is 13.2 Å². The van der Waals surface area contributed by atoms with Crippen LogP contribution in [0.15, 0.2) is 48.6 Å². The van der Waals surface area contributed by atoms with Crippen LogP contribution in [0.2, 0.25) is 0 Å². The highest BCUT2D eigenvalue weighted by Gasteiger charge is 2.21. The van der Waals surface area contributed by atoms with E-state index in [1.54, 1.807) is 0 Å². The van der Waals surface area contributed by atoms with Crippen LogP contribution in [0.5, 0.6) is 0 Å². The SMILES string of the molecule is CC=CC1COC(c2ccc(CCC=C(F)F)cc2)OC1. The minimum atomic E-state index is -1.62. The molecule has 0 unspecified atom stereocenters. The first kappa shape index (κ1) is 15.9. The van der Waals surface area contributed by atoms with Crippen molar-refractivity contribution in [1.82, 2.24) is 0 Å². The average Bonchev–Trinajstić information content (AvgIpc) is 2.49. The minimum Gasteiger partial charge on any atom is -0.348 e. The molecule has 0 saturated carbocycles. The zero-order valence-corrected chi connectivity index (χ0v) is 12.1. The van der Waals surface area contributed by atoms with E-state index in [0.717, 1.165) is 17.2 Å². The van der Waals surface area contributed by atoms with Gasteiger partial charge in [0, 0.05) is 11.5 Å². The lowest BCUT2D eigenvalue weighted by molar-refractivity contribution is -0.197. The van der Waals surface area contributed by atoms with E-state index in [1.807, 2.05) is 37.3 Å². The van der Waals surface area contributed by atoms with Gasteiger partial charge in [0.15, 0.2) is 6.29 Å². The summed E-state index contributed by atoms with van der Waals surface area (Å²) < 4.78 is 35.3. The maximum absolute atomic E-state index is 12.0. The van der Waals surface area contributed by atoms with Crippen molar-refractivity contribution in [2.24, 2.45) is 5.92 Å². The molecule has 1 aromatic rings. The van der Waals surface area contributed by atoms with Crippen molar-refractivity contribution < 1.29 is 18.3 Å². The largest absolute Gasteiger partial charge is 0.348 e. The molecule has 114 valence electrons. The molecule has 1 fully saturated rings. The Morgan fingerprint density at radius 1 is 1.19 bits per heavy atom. The predicted molar refractivity (Wildman–Crippen MR) is 78.0 cm³/mol. The summed E-state index contributed by atoms with van der Waals surface area (Å²) in [7, 11) is 0. The van der Waals surface area contributed by atoms with Gasteiger partial charge in [0.2, 0.25) is 0 Å². The van der Waals surface area contributed by atoms with Gasteiger partial charge in [-0.1, -0.05) is 36.4 Å². The second kappa shape index (κ2) is 8.05. The summed E-state index contributed by atoms with van der Waals surface area (Å²) >= 11 is 0. The van der Waals surface area contributed by atoms with Crippen LogP contribution in [0.3, 0.4) is 0 Å². The number of hydrogen-bond acceptors (Lipinski definition) is 2. The van der Waals surface area contributed by atoms with Crippen molar-refractivity contribution >= 4 is 0 Å². The first-order valence-corrected chi connectivity index (χ1v) is 7.15. The zero-order valence-electron chi connectivity index (χ0n) is 12.1. The zero-order chi connectivity index (χ0) is 15.1. The molecule has 2 rings (SSSR count). The Morgan fingerprint density at radius 3 is 2.43 bits per heavy atom. The van der Waals surface area contributed by atoms with Crippen LogP contribution < -0.4 is 0 Å². The Balaban J connectivity index is 1.86. The average molecular weight is 294 g/mol. The molecule has 0 N–H and O–H groups in total. The number of aryl methyl sites for hydroxylation is 1. The van der Waals surface area contributed by atoms with Crippen LogP contribution >= 0.6 is 0 Å². The molecule has 0 aromatic heterocycles. The number of halogens is 2. The van der Waals surface area contributed by atoms with E-state index in [0.29, 0.717) is 32.0 Å². The highest BCUT2D eigenvalue weighted by atomic mass is 19.3. The van der Waals surface area contributed by atoms with E-state index in [9.17, 15) is 8.78 Å². The lowest BCUT2D eigenvalue weighted by Gasteiger charge is -2.28. The Hall–Kier alpha value is -1.52. The molecule has 1 saturated heterocycles. The minimum absolute atomic E-state index is 0.313. The van der Waals surface area contributed by atoms with Gasteiger partial charge in [-0.3, -0.25) is 0 Å². The molecule has 0 radical (unpaired) electrons. The molecule has 21 heavy (non-hydrogen) atoms. The van der Waals surface area contributed by atoms with Crippen LogP contribution in [0, 0.1) is 5.92 Å². The van der Waals surface area contributed by atoms with Crippen molar-refractivity contribution in [2.45, 2.75) is 26.1 Å². The Morgan fingerprint density at radius 2 is 1.86 bits per heavy atom. The fourth-order valence-corrected chi connectivity index (χ4v) is 2.28. The summed E-state index contributed by atoms with van der Waals surface area (Å²) in [6.45, 7) is 3.28. The molecule has 1 heterocycles. The van der Waals surface area contributed by atoms with E-state index >= 15 is 0 Å². The maximum Gasteiger partial charge on any atom is 0.266 e. The normalized spacial score (nSPS) is 22.4. The van der Waals surface area contributed by atoms with Crippen LogP contribution in [-0.4, -0.2) is 13.2 Å². The smallest absolute Gasteiger partial charge is 0.266 e. The third-order valence-electron chi connectivity index (χ3n) is 3.37. The lowest BCUT2D eigenvalue weighted by atomic mass is 10.1. The van der Waals surface area contributed by atoms with Crippen LogP contribution in [0.4, 0.5) is 8.78 Å². The highest BCUT2D eigenvalue weighted by Crippen LogP contribution is 2.26. The van der Waals surface area contributed by atoms with Crippen molar-refractivity contribution in [3.8, 4) is 0 Å². The second-order valence-electron chi connectivity index (χ2n) is 5.06. The molecule has 2 nitrogen and oxygen atoms in total. The molecule has 0 spiro atoms. The van der Waals surface area contributed by atoms with E-state index < -0.39 is 6.08 Å². The number of benzene rings is 1. The van der Waals surface area contributed by atoms with Gasteiger partial charge < -0.3 is 9.47 Å². The predicted octanol–water partition coefficient (Wildman–Crippen LogP) is 4.64. The molecule has 4 heteroatoms. The molecule has 0 aliphatic carbocycles. The van der Waals surface area contributed by atoms with E-state index in [-0.39, 0.29) is 6.29 Å². The summed E-state index contributed by atoms with van der Waals surface area (Å²) in [6.07, 6.45) is 4.03. The summed E-state index contributed by atoms with van der Waals surface area (Å²) in [5.74, 6) is 0.313. The van der Waals surface area contributed by atoms with Gasteiger partial charge in [-0.25, -0.2) is 0 Å². The number of allylic oxidation sites excluding steroid dienone is 2. The van der Waals surface area contributed by atoms with Crippen LogP contribution in [0.25, 0.3) is 0 Å². The lowest BCUT2D eigenvalue weighted by Crippen LogP contribution is -2.25. The molecular formula is C17H20F2O2. The monoisotopic (exact) mass is 294 g/mol. The molecular weight excluding hydrogens is 274 g/mol. The van der Waals surface area contributed by atoms with Crippen molar-refractivity contribution in [3.05, 3.63) is 59.7 Å². The molecule has 1 aliphatic rings. The fraction of sp³-hybridized carbons (Fsp3) is 0.412. The van der Waals surface area contributed by atoms with E-state index in [2.05, 4.69) is 6.08 Å². The quantitative estimate of drug-likeness (QED) is 0.737. The first-order chi connectivity index (χ1) is 10.2. The first-order valence-electron chi connectivity index (χ1n) is 7.15. The maximum atomic E-state index is 12.0. The van der Waals surface area contributed by atoms with Crippen LogP contribution in [-0.2, 0) is 15.9 Å². The Bertz CT molecular complexity index is 482. The summed E-state index contributed by atoms with van der Waals surface area (Å²) in [5.41, 5.74) is 1.99.